The molecule has 1 saturated heterocycles. The topological polar surface area (TPSA) is 140 Å². The number of nitrogens with zero attached hydrogens (tertiary/aromatic N) is 9. The van der Waals surface area contributed by atoms with Crippen LogP contribution in [0.1, 0.15) is 37.8 Å². The third-order valence-electron chi connectivity index (χ3n) is 7.00. The van der Waals surface area contributed by atoms with Crippen LogP contribution in [-0.2, 0) is 4.74 Å². The van der Waals surface area contributed by atoms with E-state index in [1.54, 1.807) is 28.0 Å². The molecule has 0 spiro atoms. The van der Waals surface area contributed by atoms with E-state index in [4.69, 9.17) is 10.00 Å². The van der Waals surface area contributed by atoms with Crippen molar-refractivity contribution in [3.8, 4) is 23.1 Å². The molecule has 2 fully saturated rings. The van der Waals surface area contributed by atoms with Crippen LogP contribution >= 0.6 is 0 Å². The molecule has 1 saturated carbocycles. The van der Waals surface area contributed by atoms with Crippen LogP contribution in [0.15, 0.2) is 36.9 Å². The number of anilines is 1. The third-order valence-corrected chi connectivity index (χ3v) is 7.00. The highest BCUT2D eigenvalue weighted by molar-refractivity contribution is 5.79. The van der Waals surface area contributed by atoms with Gasteiger partial charge in [0.15, 0.2) is 11.5 Å². The van der Waals surface area contributed by atoms with Gasteiger partial charge in [0.1, 0.15) is 11.8 Å². The first-order valence-corrected chi connectivity index (χ1v) is 12.3. The summed E-state index contributed by atoms with van der Waals surface area (Å²) in [7, 11) is 1.41. The van der Waals surface area contributed by atoms with Gasteiger partial charge in [-0.25, -0.2) is 19.4 Å². The summed E-state index contributed by atoms with van der Waals surface area (Å²) in [5.41, 5.74) is 3.62. The zero-order chi connectivity index (χ0) is 25.5. The number of methoxy groups -OCH3 is 1. The van der Waals surface area contributed by atoms with Crippen molar-refractivity contribution in [3.05, 3.63) is 42.5 Å². The van der Waals surface area contributed by atoms with E-state index < -0.39 is 0 Å². The normalized spacial score (nSPS) is 19.5. The van der Waals surface area contributed by atoms with E-state index >= 15 is 0 Å². The maximum absolute atomic E-state index is 11.9. The number of carbonyl (C=O) groups excluding carboxylic acids is 1. The molecule has 5 heterocycles. The molecule has 1 aliphatic carbocycles. The van der Waals surface area contributed by atoms with Crippen molar-refractivity contribution in [2.75, 3.05) is 25.5 Å². The van der Waals surface area contributed by atoms with Crippen LogP contribution in [0, 0.1) is 17.2 Å². The number of fused-ring (bicyclic) bond motifs is 1. The smallest absolute Gasteiger partial charge is 0.409 e. The molecule has 4 aromatic heterocycles. The lowest BCUT2D eigenvalue weighted by Gasteiger charge is -2.35. The second kappa shape index (κ2) is 9.16. The molecular formula is C25H26N10O2. The van der Waals surface area contributed by atoms with Crippen LogP contribution in [0.5, 0.6) is 0 Å². The summed E-state index contributed by atoms with van der Waals surface area (Å²) >= 11 is 0. The number of piperidine rings is 1. The van der Waals surface area contributed by atoms with Gasteiger partial charge in [0.2, 0.25) is 0 Å². The highest BCUT2D eigenvalue weighted by atomic mass is 16.5. The highest BCUT2D eigenvalue weighted by Gasteiger charge is 2.31. The van der Waals surface area contributed by atoms with E-state index in [0.29, 0.717) is 36.2 Å². The van der Waals surface area contributed by atoms with Crippen molar-refractivity contribution < 1.29 is 9.53 Å². The van der Waals surface area contributed by atoms with E-state index in [-0.39, 0.29) is 18.1 Å². The molecule has 2 unspecified atom stereocenters. The molecule has 0 aromatic carbocycles. The van der Waals surface area contributed by atoms with Crippen LogP contribution in [0.25, 0.3) is 28.1 Å². The van der Waals surface area contributed by atoms with Gasteiger partial charge < -0.3 is 15.0 Å². The van der Waals surface area contributed by atoms with Crippen LogP contribution < -0.4 is 5.32 Å². The molecule has 188 valence electrons. The zero-order valence-corrected chi connectivity index (χ0v) is 20.6. The van der Waals surface area contributed by atoms with Crippen molar-refractivity contribution >= 4 is 22.8 Å². The minimum absolute atomic E-state index is 0.133. The molecule has 2 atom stereocenters. The number of pyridine rings is 2. The van der Waals surface area contributed by atoms with E-state index in [1.165, 1.54) is 13.3 Å². The summed E-state index contributed by atoms with van der Waals surface area (Å²) in [6.07, 6.45) is 9.67. The van der Waals surface area contributed by atoms with E-state index in [9.17, 15) is 4.79 Å². The Labute approximate surface area is 212 Å². The fourth-order valence-corrected chi connectivity index (χ4v) is 4.86. The highest BCUT2D eigenvalue weighted by Crippen LogP contribution is 2.34. The number of ether oxygens (including phenoxy) is 1. The number of carbonyl (C=O) groups is 1. The maximum Gasteiger partial charge on any atom is 0.409 e. The lowest BCUT2D eigenvalue weighted by Crippen LogP contribution is -2.43. The molecule has 4 aromatic rings. The van der Waals surface area contributed by atoms with Crippen molar-refractivity contribution in [3.63, 3.8) is 0 Å². The van der Waals surface area contributed by atoms with Gasteiger partial charge in [0, 0.05) is 54.2 Å². The summed E-state index contributed by atoms with van der Waals surface area (Å²) in [5.74, 6) is 0.824. The van der Waals surface area contributed by atoms with Crippen molar-refractivity contribution in [1.82, 2.24) is 39.6 Å². The molecule has 1 amide bonds. The number of hydrogen-bond acceptors (Lipinski definition) is 9. The Kier molecular flexibility index (Phi) is 5.67. The molecule has 0 bridgehead atoms. The van der Waals surface area contributed by atoms with E-state index in [0.717, 1.165) is 41.6 Å². The number of aromatic nitrogens is 7. The number of amides is 1. The first-order valence-electron chi connectivity index (χ1n) is 12.3. The summed E-state index contributed by atoms with van der Waals surface area (Å²) < 4.78 is 8.45. The van der Waals surface area contributed by atoms with Gasteiger partial charge in [-0.15, -0.1) is 5.10 Å². The molecule has 12 nitrogen and oxygen atoms in total. The molecule has 6 rings (SSSR count). The van der Waals surface area contributed by atoms with Crippen molar-refractivity contribution in [1.29, 1.82) is 5.26 Å². The Bertz CT molecular complexity index is 1520. The Morgan fingerprint density at radius 1 is 1.19 bits per heavy atom. The second-order valence-corrected chi connectivity index (χ2v) is 9.64. The molecule has 0 radical (unpaired) electrons. The molecule has 1 aliphatic heterocycles. The predicted octanol–water partition coefficient (Wildman–Crippen LogP) is 3.17. The molecule has 37 heavy (non-hydrogen) atoms. The average Bonchev–Trinajstić information content (AvgIpc) is 3.43. The van der Waals surface area contributed by atoms with E-state index in [2.05, 4.69) is 43.7 Å². The van der Waals surface area contributed by atoms with Crippen LogP contribution in [0.3, 0.4) is 0 Å². The van der Waals surface area contributed by atoms with Crippen molar-refractivity contribution in [2.24, 2.45) is 5.92 Å². The average molecular weight is 499 g/mol. The second-order valence-electron chi connectivity index (χ2n) is 9.64. The molecule has 2 aliphatic rings. The van der Waals surface area contributed by atoms with Crippen LogP contribution in [0.4, 0.5) is 10.5 Å². The first-order chi connectivity index (χ1) is 18.0. The lowest BCUT2D eigenvalue weighted by molar-refractivity contribution is 0.0860. The fraction of sp³-hybridized carbons (Fsp3) is 0.400. The Balaban J connectivity index is 1.30. The number of nitriles is 1. The number of rotatable bonds is 5. The van der Waals surface area contributed by atoms with Gasteiger partial charge in [-0.2, -0.15) is 15.0 Å². The van der Waals surface area contributed by atoms with Gasteiger partial charge in [-0.05, 0) is 31.2 Å². The zero-order valence-electron chi connectivity index (χ0n) is 20.6. The van der Waals surface area contributed by atoms with E-state index in [1.807, 2.05) is 16.9 Å². The Morgan fingerprint density at radius 2 is 2.05 bits per heavy atom. The summed E-state index contributed by atoms with van der Waals surface area (Å²) in [4.78, 5) is 22.7. The van der Waals surface area contributed by atoms with Gasteiger partial charge in [-0.3, -0.25) is 0 Å². The SMILES string of the molecule is COC(=O)N1CCC(n2cc(-c3cnc(-n4ncc5cc(C#N)cnc54)cc3NC3CC3)nn2)C(C)C1. The maximum atomic E-state index is 11.9. The minimum Gasteiger partial charge on any atom is -0.453 e. The Morgan fingerprint density at radius 3 is 2.81 bits per heavy atom. The monoisotopic (exact) mass is 498 g/mol. The number of nitrogens with one attached hydrogen (secondary N) is 1. The van der Waals surface area contributed by atoms with Crippen molar-refractivity contribution in [2.45, 2.75) is 38.3 Å². The molecule has 1 N–H and O–H groups in total. The lowest BCUT2D eigenvalue weighted by atomic mass is 9.94. The number of likely N-dealkylation sites (tertiary alicyclic amines) is 1. The van der Waals surface area contributed by atoms with Gasteiger partial charge in [0.25, 0.3) is 0 Å². The van der Waals surface area contributed by atoms with Gasteiger partial charge in [0.05, 0.1) is 31.1 Å². The van der Waals surface area contributed by atoms with Gasteiger partial charge in [-0.1, -0.05) is 12.1 Å². The molecule has 12 heteroatoms. The Hall–Kier alpha value is -4.53. The minimum atomic E-state index is -0.294. The summed E-state index contributed by atoms with van der Waals surface area (Å²) in [6, 6.07) is 6.37. The standard InChI is InChI=1S/C25H26N10O2/c1-15-13-33(25(36)37-2)6-5-22(15)34-14-21(31-32-34)19-12-27-23(8-20(19)30-18-3-4-18)35-24-17(11-29-35)7-16(9-26)10-28-24/h7-8,10-12,14-15,18,22H,3-6,13H2,1-2H3,(H,27,30). The van der Waals surface area contributed by atoms with Crippen LogP contribution in [-0.4, -0.2) is 72.0 Å². The molecular weight excluding hydrogens is 472 g/mol. The third kappa shape index (κ3) is 4.33. The summed E-state index contributed by atoms with van der Waals surface area (Å²) in [6.45, 7) is 3.34. The van der Waals surface area contributed by atoms with Crippen LogP contribution in [0.2, 0.25) is 0 Å². The summed E-state index contributed by atoms with van der Waals surface area (Å²) in [5, 5.41) is 26.9. The number of hydrogen-bond donors (Lipinski definition) is 1. The first kappa shape index (κ1) is 22.9. The predicted molar refractivity (Wildman–Crippen MR) is 134 cm³/mol. The fourth-order valence-electron chi connectivity index (χ4n) is 4.86. The van der Waals surface area contributed by atoms with Gasteiger partial charge >= 0.3 is 6.09 Å². The quantitative estimate of drug-likeness (QED) is 0.439. The largest absolute Gasteiger partial charge is 0.453 e.